The van der Waals surface area contributed by atoms with Crippen LogP contribution in [0.15, 0.2) is 18.2 Å². The van der Waals surface area contributed by atoms with E-state index in [0.717, 1.165) is 31.9 Å². The van der Waals surface area contributed by atoms with Crippen LogP contribution in [-0.2, 0) is 15.8 Å². The van der Waals surface area contributed by atoms with Gasteiger partial charge in [0.25, 0.3) is 0 Å². The Labute approximate surface area is 141 Å². The number of likely N-dealkylation sites (tertiary alicyclic amines) is 1. The maximum Gasteiger partial charge on any atom is 0.215 e. The van der Waals surface area contributed by atoms with Crippen molar-refractivity contribution in [2.45, 2.75) is 31.1 Å². The van der Waals surface area contributed by atoms with Gasteiger partial charge in [-0.05, 0) is 43.1 Å². The quantitative estimate of drug-likeness (QED) is 0.773. The van der Waals surface area contributed by atoms with Crippen molar-refractivity contribution >= 4 is 21.6 Å². The van der Waals surface area contributed by atoms with E-state index in [2.05, 4.69) is 9.62 Å². The fraction of sp³-hybridized carbons (Fsp3) is 0.600. The number of nitrogens with one attached hydrogen (secondary N) is 1. The molecule has 23 heavy (non-hydrogen) atoms. The zero-order valence-corrected chi connectivity index (χ0v) is 14.4. The average molecular weight is 365 g/mol. The normalized spacial score (nSPS) is 19.9. The molecule has 130 valence electrons. The number of benzene rings is 1. The first-order valence-electron chi connectivity index (χ1n) is 7.67. The molecule has 1 heterocycles. The van der Waals surface area contributed by atoms with E-state index in [1.807, 2.05) is 0 Å². The molecule has 0 unspecified atom stereocenters. The summed E-state index contributed by atoms with van der Waals surface area (Å²) >= 11 is 5.90. The summed E-state index contributed by atoms with van der Waals surface area (Å²) in [7, 11) is -3.59. The summed E-state index contributed by atoms with van der Waals surface area (Å²) < 4.78 is 39.9. The molecule has 1 atom stereocenters. The van der Waals surface area contributed by atoms with E-state index in [9.17, 15) is 17.9 Å². The third-order valence-electron chi connectivity index (χ3n) is 4.03. The predicted molar refractivity (Wildman–Crippen MR) is 88.3 cm³/mol. The highest BCUT2D eigenvalue weighted by molar-refractivity contribution is 7.88. The molecule has 0 radical (unpaired) electrons. The first-order chi connectivity index (χ1) is 10.9. The lowest BCUT2D eigenvalue weighted by Crippen LogP contribution is -2.45. The second-order valence-corrected chi connectivity index (χ2v) is 7.97. The third kappa shape index (κ3) is 5.69. The van der Waals surface area contributed by atoms with E-state index >= 15 is 0 Å². The molecule has 1 aliphatic heterocycles. The molecule has 1 saturated heterocycles. The number of aliphatic hydroxyl groups is 1. The zero-order valence-electron chi connectivity index (χ0n) is 12.8. The standard InChI is InChI=1S/C15H22ClFN2O3S/c16-15-5-4-13(17)9-12(15)11-23(21,22)18-6-8-19-7-2-1-3-14(19)10-20/h4-5,9,14,18,20H,1-3,6-8,10-11H2/t14-/m1/s1. The van der Waals surface area contributed by atoms with Crippen molar-refractivity contribution in [1.29, 1.82) is 0 Å². The van der Waals surface area contributed by atoms with Gasteiger partial charge in [-0.1, -0.05) is 18.0 Å². The van der Waals surface area contributed by atoms with E-state index in [1.165, 1.54) is 12.1 Å². The molecule has 0 bridgehead atoms. The second kappa shape index (κ2) is 8.39. The summed E-state index contributed by atoms with van der Waals surface area (Å²) in [5.74, 6) is -0.869. The first kappa shape index (κ1) is 18.6. The highest BCUT2D eigenvalue weighted by Crippen LogP contribution is 2.19. The van der Waals surface area contributed by atoms with E-state index in [1.54, 1.807) is 0 Å². The van der Waals surface area contributed by atoms with Crippen molar-refractivity contribution in [1.82, 2.24) is 9.62 Å². The molecule has 5 nitrogen and oxygen atoms in total. The van der Waals surface area contributed by atoms with Crippen LogP contribution in [0.1, 0.15) is 24.8 Å². The Morgan fingerprint density at radius 1 is 1.39 bits per heavy atom. The van der Waals surface area contributed by atoms with Crippen molar-refractivity contribution in [3.05, 3.63) is 34.6 Å². The molecule has 0 aromatic heterocycles. The van der Waals surface area contributed by atoms with Crippen molar-refractivity contribution in [3.8, 4) is 0 Å². The molecule has 2 N–H and O–H groups in total. The molecule has 1 fully saturated rings. The minimum Gasteiger partial charge on any atom is -0.395 e. The molecule has 0 saturated carbocycles. The lowest BCUT2D eigenvalue weighted by molar-refractivity contribution is 0.0923. The van der Waals surface area contributed by atoms with Gasteiger partial charge in [-0.15, -0.1) is 0 Å². The summed E-state index contributed by atoms with van der Waals surface area (Å²) in [5, 5.41) is 9.57. The highest BCUT2D eigenvalue weighted by Gasteiger charge is 2.22. The Kier molecular flexibility index (Phi) is 6.79. The minimum absolute atomic E-state index is 0.0889. The summed E-state index contributed by atoms with van der Waals surface area (Å²) in [6.45, 7) is 1.75. The third-order valence-corrected chi connectivity index (χ3v) is 5.74. The Morgan fingerprint density at radius 2 is 2.17 bits per heavy atom. The number of halogens is 2. The van der Waals surface area contributed by atoms with Gasteiger partial charge in [0.15, 0.2) is 0 Å². The van der Waals surface area contributed by atoms with Gasteiger partial charge < -0.3 is 5.11 Å². The van der Waals surface area contributed by atoms with Gasteiger partial charge in [0, 0.05) is 24.2 Å². The fourth-order valence-corrected chi connectivity index (χ4v) is 4.23. The zero-order chi connectivity index (χ0) is 16.9. The van der Waals surface area contributed by atoms with Gasteiger partial charge in [-0.3, -0.25) is 4.90 Å². The number of hydrogen-bond donors (Lipinski definition) is 2. The molecule has 0 amide bonds. The van der Waals surface area contributed by atoms with Gasteiger partial charge >= 0.3 is 0 Å². The summed E-state index contributed by atoms with van der Waals surface area (Å²) in [5.41, 5.74) is 0.241. The van der Waals surface area contributed by atoms with Crippen LogP contribution in [0.4, 0.5) is 4.39 Å². The van der Waals surface area contributed by atoms with Crippen LogP contribution in [0, 0.1) is 5.82 Å². The SMILES string of the molecule is O=S(=O)(Cc1cc(F)ccc1Cl)NCCN1CCCC[C@@H]1CO. The number of sulfonamides is 1. The predicted octanol–water partition coefficient (Wildman–Crippen LogP) is 1.75. The van der Waals surface area contributed by atoms with E-state index < -0.39 is 15.8 Å². The summed E-state index contributed by atoms with van der Waals surface area (Å²) in [6, 6.07) is 3.78. The second-order valence-electron chi connectivity index (χ2n) is 5.76. The van der Waals surface area contributed by atoms with Crippen LogP contribution < -0.4 is 4.72 Å². The monoisotopic (exact) mass is 364 g/mol. The Balaban J connectivity index is 1.87. The molecule has 1 aromatic rings. The van der Waals surface area contributed by atoms with Crippen molar-refractivity contribution in [2.75, 3.05) is 26.2 Å². The molecule has 8 heteroatoms. The van der Waals surface area contributed by atoms with E-state index in [4.69, 9.17) is 11.6 Å². The number of hydrogen-bond acceptors (Lipinski definition) is 4. The Morgan fingerprint density at radius 3 is 2.91 bits per heavy atom. The number of aliphatic hydroxyl groups excluding tert-OH is 1. The lowest BCUT2D eigenvalue weighted by atomic mass is 10.0. The highest BCUT2D eigenvalue weighted by atomic mass is 35.5. The fourth-order valence-electron chi connectivity index (χ4n) is 2.82. The number of piperidine rings is 1. The molecule has 2 rings (SSSR count). The van der Waals surface area contributed by atoms with Gasteiger partial charge in [-0.2, -0.15) is 0 Å². The van der Waals surface area contributed by atoms with Crippen LogP contribution in [0.25, 0.3) is 0 Å². The van der Waals surface area contributed by atoms with Crippen molar-refractivity contribution < 1.29 is 17.9 Å². The Hall–Kier alpha value is -0.730. The lowest BCUT2D eigenvalue weighted by Gasteiger charge is -2.34. The van der Waals surface area contributed by atoms with Crippen LogP contribution in [-0.4, -0.2) is 50.7 Å². The van der Waals surface area contributed by atoms with Gasteiger partial charge in [0.05, 0.1) is 12.4 Å². The van der Waals surface area contributed by atoms with Crippen LogP contribution in [0.5, 0.6) is 0 Å². The minimum atomic E-state index is -3.59. The molecule has 0 aliphatic carbocycles. The smallest absolute Gasteiger partial charge is 0.215 e. The van der Waals surface area contributed by atoms with Crippen LogP contribution in [0.3, 0.4) is 0 Å². The maximum absolute atomic E-state index is 13.2. The molecular weight excluding hydrogens is 343 g/mol. The summed E-state index contributed by atoms with van der Waals surface area (Å²) in [4.78, 5) is 2.10. The maximum atomic E-state index is 13.2. The molecule has 1 aromatic carbocycles. The molecular formula is C15H22ClFN2O3S. The molecule has 0 spiro atoms. The number of rotatable bonds is 7. The average Bonchev–Trinajstić information content (AvgIpc) is 2.51. The van der Waals surface area contributed by atoms with Crippen molar-refractivity contribution in [2.24, 2.45) is 0 Å². The number of nitrogens with zero attached hydrogens (tertiary/aromatic N) is 1. The topological polar surface area (TPSA) is 69.6 Å². The largest absolute Gasteiger partial charge is 0.395 e. The van der Waals surface area contributed by atoms with Gasteiger partial charge in [-0.25, -0.2) is 17.5 Å². The van der Waals surface area contributed by atoms with Gasteiger partial charge in [0.2, 0.25) is 10.0 Å². The summed E-state index contributed by atoms with van der Waals surface area (Å²) in [6.07, 6.45) is 3.08. The van der Waals surface area contributed by atoms with Crippen LogP contribution >= 0.6 is 11.6 Å². The van der Waals surface area contributed by atoms with Gasteiger partial charge in [0.1, 0.15) is 5.82 Å². The Bertz CT molecular complexity index is 627. The van der Waals surface area contributed by atoms with E-state index in [0.29, 0.717) is 6.54 Å². The van der Waals surface area contributed by atoms with E-state index in [-0.39, 0.29) is 35.5 Å². The first-order valence-corrected chi connectivity index (χ1v) is 9.70. The molecule has 1 aliphatic rings. The van der Waals surface area contributed by atoms with Crippen molar-refractivity contribution in [3.63, 3.8) is 0 Å². The van der Waals surface area contributed by atoms with Crippen LogP contribution in [0.2, 0.25) is 5.02 Å².